The number of likely N-dealkylation sites (tertiary alicyclic amines) is 1. The van der Waals surface area contributed by atoms with Crippen molar-refractivity contribution in [2.75, 3.05) is 13.1 Å². The topological polar surface area (TPSA) is 95.4 Å². The minimum absolute atomic E-state index is 0.0100. The number of nitrogens with zero attached hydrogens (tertiary/aromatic N) is 2. The third kappa shape index (κ3) is 4.19. The number of aromatic amines is 1. The van der Waals surface area contributed by atoms with Gasteiger partial charge in [0.2, 0.25) is 0 Å². The molecule has 1 saturated heterocycles. The lowest BCUT2D eigenvalue weighted by Gasteiger charge is -2.34. The number of fused-ring (bicyclic) bond motifs is 4. The van der Waals surface area contributed by atoms with Crippen molar-refractivity contribution in [2.24, 2.45) is 0 Å². The molecule has 3 aliphatic rings. The van der Waals surface area contributed by atoms with Crippen molar-refractivity contribution in [1.82, 2.24) is 9.88 Å². The Bertz CT molecular complexity index is 1310. The summed E-state index contributed by atoms with van der Waals surface area (Å²) < 4.78 is 11.8. The number of carbonyl (C=O) groups is 2. The van der Waals surface area contributed by atoms with E-state index in [0.717, 1.165) is 33.7 Å². The Balaban J connectivity index is 1.35. The summed E-state index contributed by atoms with van der Waals surface area (Å²) in [6, 6.07) is 8.06. The van der Waals surface area contributed by atoms with Crippen LogP contribution in [0.15, 0.2) is 23.8 Å². The van der Waals surface area contributed by atoms with Gasteiger partial charge < -0.3 is 19.4 Å². The zero-order chi connectivity index (χ0) is 25.8. The van der Waals surface area contributed by atoms with Gasteiger partial charge in [-0.3, -0.25) is 4.79 Å². The Kier molecular flexibility index (Phi) is 5.74. The van der Waals surface area contributed by atoms with Gasteiger partial charge in [0, 0.05) is 59.4 Å². The van der Waals surface area contributed by atoms with Gasteiger partial charge >= 0.3 is 6.09 Å². The first-order chi connectivity index (χ1) is 17.0. The van der Waals surface area contributed by atoms with Gasteiger partial charge in [-0.25, -0.2) is 4.79 Å². The molecule has 0 atom stereocenters. The second-order valence-electron chi connectivity index (χ2n) is 11.5. The highest BCUT2D eigenvalue weighted by atomic mass is 16.6. The number of benzene rings is 1. The molecule has 188 valence electrons. The summed E-state index contributed by atoms with van der Waals surface area (Å²) in [5, 5.41) is 9.33. The van der Waals surface area contributed by atoms with E-state index in [0.29, 0.717) is 50.1 Å². The summed E-state index contributed by atoms with van der Waals surface area (Å²) in [6.45, 7) is 11.0. The van der Waals surface area contributed by atoms with Gasteiger partial charge in [0.15, 0.2) is 5.78 Å². The summed E-state index contributed by atoms with van der Waals surface area (Å²) >= 11 is 0. The van der Waals surface area contributed by atoms with Crippen molar-refractivity contribution in [3.63, 3.8) is 0 Å². The molecule has 1 aromatic carbocycles. The van der Waals surface area contributed by atoms with E-state index in [1.54, 1.807) is 4.90 Å². The summed E-state index contributed by atoms with van der Waals surface area (Å²) in [5.74, 6) is 0.684. The number of allylic oxidation sites excluding steroid dienone is 1. The van der Waals surface area contributed by atoms with E-state index in [1.165, 1.54) is 0 Å². The van der Waals surface area contributed by atoms with Crippen molar-refractivity contribution < 1.29 is 19.1 Å². The van der Waals surface area contributed by atoms with Crippen LogP contribution in [0.4, 0.5) is 4.79 Å². The molecule has 2 aromatic rings. The second kappa shape index (κ2) is 8.55. The van der Waals surface area contributed by atoms with Gasteiger partial charge in [-0.1, -0.05) is 19.9 Å². The van der Waals surface area contributed by atoms with Crippen molar-refractivity contribution >= 4 is 18.0 Å². The van der Waals surface area contributed by atoms with Crippen LogP contribution in [0.5, 0.6) is 5.75 Å². The van der Waals surface area contributed by atoms with E-state index >= 15 is 0 Å². The number of hydrogen-bond acceptors (Lipinski definition) is 5. The monoisotopic (exact) mass is 487 g/mol. The third-order valence-electron chi connectivity index (χ3n) is 7.40. The maximum absolute atomic E-state index is 13.7. The van der Waals surface area contributed by atoms with Crippen LogP contribution in [0, 0.1) is 11.3 Å². The molecule has 7 heteroatoms. The smallest absolute Gasteiger partial charge is 0.410 e. The highest BCUT2D eigenvalue weighted by Gasteiger charge is 2.41. The number of H-pyrrole nitrogens is 1. The zero-order valence-electron chi connectivity index (χ0n) is 21.7. The maximum atomic E-state index is 13.7. The predicted octanol–water partition coefficient (Wildman–Crippen LogP) is 5.52. The molecule has 1 amide bonds. The maximum Gasteiger partial charge on any atom is 0.410 e. The Morgan fingerprint density at radius 2 is 1.92 bits per heavy atom. The largest absolute Gasteiger partial charge is 0.490 e. The van der Waals surface area contributed by atoms with Gasteiger partial charge in [0.1, 0.15) is 17.5 Å². The Hall–Kier alpha value is -3.53. The fraction of sp³-hybridized carbons (Fsp3) is 0.483. The number of nitrogens with one attached hydrogen (secondary N) is 1. The number of nitriles is 1. The molecule has 1 N–H and O–H groups in total. The van der Waals surface area contributed by atoms with Crippen molar-refractivity contribution in [2.45, 2.75) is 77.4 Å². The van der Waals surface area contributed by atoms with E-state index in [9.17, 15) is 14.9 Å². The van der Waals surface area contributed by atoms with E-state index in [1.807, 2.05) is 45.0 Å². The fourth-order valence-corrected chi connectivity index (χ4v) is 5.53. The molecule has 1 aromatic heterocycles. The SMILES string of the molecule is CC(C)(C)OC(=O)N1CCC(Oc2ccc3c(c2)C(=O)c2c([nH]c4c2CCC(C#N)=C4)C3(C)C)CC1. The molecule has 1 aliphatic heterocycles. The van der Waals surface area contributed by atoms with E-state index in [4.69, 9.17) is 9.47 Å². The average molecular weight is 488 g/mol. The van der Waals surface area contributed by atoms with Crippen molar-refractivity contribution in [3.05, 3.63) is 57.4 Å². The number of amides is 1. The standard InChI is InChI=1S/C29H33N3O4/c1-28(2,3)36-27(34)32-12-10-18(11-13-32)35-19-7-9-22-21(15-19)25(33)24-20-8-6-17(16-30)14-23(20)31-26(24)29(22,4)5/h7,9,14-15,18,31H,6,8,10-13H2,1-5H3. The van der Waals surface area contributed by atoms with Crippen molar-refractivity contribution in [1.29, 1.82) is 5.26 Å². The molecule has 0 bridgehead atoms. The number of ketones is 1. The molecule has 0 unspecified atom stereocenters. The average Bonchev–Trinajstić information content (AvgIpc) is 3.22. The summed E-state index contributed by atoms with van der Waals surface area (Å²) in [5.41, 5.74) is 5.04. The lowest BCUT2D eigenvalue weighted by molar-refractivity contribution is 0.0126. The number of hydrogen-bond donors (Lipinski definition) is 1. The molecule has 0 spiro atoms. The number of rotatable bonds is 2. The van der Waals surface area contributed by atoms with Crippen LogP contribution >= 0.6 is 0 Å². The highest BCUT2D eigenvalue weighted by molar-refractivity contribution is 6.14. The van der Waals surface area contributed by atoms with Crippen LogP contribution in [0.2, 0.25) is 0 Å². The molecule has 0 saturated carbocycles. The van der Waals surface area contributed by atoms with Crippen LogP contribution in [-0.2, 0) is 16.6 Å². The van der Waals surface area contributed by atoms with Gasteiger partial charge in [-0.2, -0.15) is 5.26 Å². The molecular formula is C29H33N3O4. The van der Waals surface area contributed by atoms with Gasteiger partial charge in [0.05, 0.1) is 6.07 Å². The molecule has 5 rings (SSSR count). The first-order valence-electron chi connectivity index (χ1n) is 12.7. The predicted molar refractivity (Wildman–Crippen MR) is 136 cm³/mol. The van der Waals surface area contributed by atoms with Crippen LogP contribution < -0.4 is 4.74 Å². The van der Waals surface area contributed by atoms with Crippen LogP contribution in [-0.4, -0.2) is 46.6 Å². The minimum Gasteiger partial charge on any atom is -0.490 e. The molecular weight excluding hydrogens is 454 g/mol. The Morgan fingerprint density at radius 1 is 1.19 bits per heavy atom. The Labute approximate surface area is 212 Å². The van der Waals surface area contributed by atoms with Crippen molar-refractivity contribution in [3.8, 4) is 11.8 Å². The lowest BCUT2D eigenvalue weighted by Crippen LogP contribution is -2.44. The second-order valence-corrected chi connectivity index (χ2v) is 11.5. The van der Waals surface area contributed by atoms with E-state index < -0.39 is 5.60 Å². The molecule has 0 radical (unpaired) electrons. The van der Waals surface area contributed by atoms with Crippen LogP contribution in [0.3, 0.4) is 0 Å². The van der Waals surface area contributed by atoms with Gasteiger partial charge in [0.25, 0.3) is 0 Å². The molecule has 36 heavy (non-hydrogen) atoms. The summed E-state index contributed by atoms with van der Waals surface area (Å²) in [7, 11) is 0. The minimum atomic E-state index is -0.513. The zero-order valence-corrected chi connectivity index (χ0v) is 21.7. The molecule has 2 aliphatic carbocycles. The van der Waals surface area contributed by atoms with E-state index in [2.05, 4.69) is 24.9 Å². The van der Waals surface area contributed by atoms with Crippen LogP contribution in [0.25, 0.3) is 6.08 Å². The summed E-state index contributed by atoms with van der Waals surface area (Å²) in [6.07, 6.45) is 4.31. The Morgan fingerprint density at radius 3 is 2.58 bits per heavy atom. The normalized spacial score (nSPS) is 18.9. The first kappa shape index (κ1) is 24.2. The quantitative estimate of drug-likeness (QED) is 0.602. The van der Waals surface area contributed by atoms with E-state index in [-0.39, 0.29) is 23.4 Å². The summed E-state index contributed by atoms with van der Waals surface area (Å²) in [4.78, 5) is 31.3. The highest BCUT2D eigenvalue weighted by Crippen LogP contribution is 2.45. The number of piperidine rings is 1. The number of ether oxygens (including phenoxy) is 2. The number of carbonyl (C=O) groups excluding carboxylic acids is 2. The first-order valence-corrected chi connectivity index (χ1v) is 12.7. The van der Waals surface area contributed by atoms with Gasteiger partial charge in [-0.15, -0.1) is 0 Å². The number of aromatic nitrogens is 1. The molecule has 1 fully saturated rings. The van der Waals surface area contributed by atoms with Gasteiger partial charge in [-0.05, 0) is 62.9 Å². The fourth-order valence-electron chi connectivity index (χ4n) is 5.53. The lowest BCUT2D eigenvalue weighted by atomic mass is 9.70. The molecule has 7 nitrogen and oxygen atoms in total. The van der Waals surface area contributed by atoms with Crippen LogP contribution in [0.1, 0.15) is 92.3 Å². The third-order valence-corrected chi connectivity index (χ3v) is 7.40. The molecule has 2 heterocycles.